The quantitative estimate of drug-likeness (QED) is 0.779. The van der Waals surface area contributed by atoms with Crippen LogP contribution in [-0.4, -0.2) is 4.98 Å². The maximum absolute atomic E-state index is 8.69. The minimum absolute atomic E-state index is 0.452. The maximum Gasteiger partial charge on any atom is 0.149 e. The van der Waals surface area contributed by atoms with Crippen molar-refractivity contribution in [2.75, 3.05) is 0 Å². The Morgan fingerprint density at radius 2 is 2.12 bits per heavy atom. The minimum atomic E-state index is 0.452. The van der Waals surface area contributed by atoms with Gasteiger partial charge in [0.05, 0.1) is 5.56 Å². The van der Waals surface area contributed by atoms with Gasteiger partial charge in [-0.25, -0.2) is 4.98 Å². The first-order chi connectivity index (χ1) is 7.88. The normalized spacial score (nSPS) is 9.44. The summed E-state index contributed by atoms with van der Waals surface area (Å²) >= 11 is 0. The Hall–Kier alpha value is -2.34. The molecule has 0 saturated carbocycles. The van der Waals surface area contributed by atoms with Crippen molar-refractivity contribution in [1.82, 2.24) is 4.98 Å². The Morgan fingerprint density at radius 1 is 1.31 bits per heavy atom. The van der Waals surface area contributed by atoms with Gasteiger partial charge in [0.2, 0.25) is 0 Å². The molecule has 0 bridgehead atoms. The first-order valence-corrected chi connectivity index (χ1v) is 4.83. The van der Waals surface area contributed by atoms with Crippen LogP contribution in [0.1, 0.15) is 11.1 Å². The molecular weight excluding hydrogens is 200 g/mol. The van der Waals surface area contributed by atoms with Crippen LogP contribution in [0, 0.1) is 17.5 Å². The highest BCUT2D eigenvalue weighted by molar-refractivity contribution is 5.31. The molecule has 77 valence electrons. The summed E-state index contributed by atoms with van der Waals surface area (Å²) in [5.41, 5.74) is 1.54. The van der Waals surface area contributed by atoms with Gasteiger partial charge in [-0.3, -0.25) is 0 Å². The molecule has 0 amide bonds. The molecule has 0 atom stereocenters. The number of hydrogen-bond donors (Lipinski definition) is 0. The fourth-order valence-corrected chi connectivity index (χ4v) is 1.25. The Balaban J connectivity index is 2.03. The molecule has 2 rings (SSSR count). The van der Waals surface area contributed by atoms with Crippen molar-refractivity contribution in [2.45, 2.75) is 6.61 Å². The van der Waals surface area contributed by atoms with Gasteiger partial charge in [0.15, 0.2) is 0 Å². The van der Waals surface area contributed by atoms with Crippen LogP contribution in [-0.2, 0) is 6.61 Å². The van der Waals surface area contributed by atoms with E-state index in [1.165, 1.54) is 6.20 Å². The summed E-state index contributed by atoms with van der Waals surface area (Å²) in [6.45, 7) is 0.452. The minimum Gasteiger partial charge on any atom is -0.487 e. The van der Waals surface area contributed by atoms with Crippen molar-refractivity contribution in [3.8, 4) is 11.8 Å². The van der Waals surface area contributed by atoms with E-state index in [2.05, 4.69) is 11.2 Å². The van der Waals surface area contributed by atoms with Crippen molar-refractivity contribution < 1.29 is 4.74 Å². The first kappa shape index (κ1) is 10.2. The van der Waals surface area contributed by atoms with Crippen molar-refractivity contribution in [3.63, 3.8) is 0 Å². The standard InChI is InChI=1S/C13H9N2O/c14-7-12-6-13(9-15-8-12)16-10-11-4-2-1-3-5-11/h1-6,8H,10H2. The molecule has 1 heterocycles. The number of aromatic nitrogens is 1. The molecule has 0 aliphatic heterocycles. The van der Waals surface area contributed by atoms with Gasteiger partial charge in [-0.15, -0.1) is 0 Å². The van der Waals surface area contributed by atoms with Gasteiger partial charge in [-0.1, -0.05) is 30.3 Å². The molecule has 0 fully saturated rings. The molecule has 2 aromatic rings. The Kier molecular flexibility index (Phi) is 3.15. The van der Waals surface area contributed by atoms with E-state index in [-0.39, 0.29) is 0 Å². The van der Waals surface area contributed by atoms with Crippen LogP contribution < -0.4 is 4.74 Å². The van der Waals surface area contributed by atoms with E-state index in [0.717, 1.165) is 5.56 Å². The van der Waals surface area contributed by atoms with Gasteiger partial charge in [0.25, 0.3) is 0 Å². The smallest absolute Gasteiger partial charge is 0.149 e. The predicted octanol–water partition coefficient (Wildman–Crippen LogP) is 2.33. The van der Waals surface area contributed by atoms with Gasteiger partial charge in [0.1, 0.15) is 24.6 Å². The molecule has 1 aromatic carbocycles. The molecular formula is C13H9N2O. The average Bonchev–Trinajstić information content (AvgIpc) is 2.38. The maximum atomic E-state index is 8.69. The van der Waals surface area contributed by atoms with Crippen LogP contribution in [0.5, 0.6) is 5.75 Å². The van der Waals surface area contributed by atoms with E-state index in [1.54, 1.807) is 6.07 Å². The molecule has 0 saturated heterocycles. The fraction of sp³-hybridized carbons (Fsp3) is 0.0769. The van der Waals surface area contributed by atoms with Crippen LogP contribution >= 0.6 is 0 Å². The molecule has 3 nitrogen and oxygen atoms in total. The summed E-state index contributed by atoms with van der Waals surface area (Å²) in [6.07, 6.45) is 4.14. The van der Waals surface area contributed by atoms with Crippen LogP contribution in [0.25, 0.3) is 0 Å². The number of nitrogens with zero attached hydrogens (tertiary/aromatic N) is 2. The number of ether oxygens (including phenoxy) is 1. The lowest BCUT2D eigenvalue weighted by Gasteiger charge is -2.04. The molecule has 0 unspecified atom stereocenters. The van der Waals surface area contributed by atoms with Crippen LogP contribution in [0.4, 0.5) is 0 Å². The lowest BCUT2D eigenvalue weighted by molar-refractivity contribution is 0.304. The van der Waals surface area contributed by atoms with Crippen LogP contribution in [0.15, 0.2) is 42.6 Å². The second kappa shape index (κ2) is 4.94. The lowest BCUT2D eigenvalue weighted by atomic mass is 10.2. The summed E-state index contributed by atoms with van der Waals surface area (Å²) in [7, 11) is 0. The number of pyridine rings is 1. The van der Waals surface area contributed by atoms with E-state index in [1.807, 2.05) is 36.4 Å². The third-order valence-electron chi connectivity index (χ3n) is 2.03. The summed E-state index contributed by atoms with van der Waals surface area (Å²) < 4.78 is 5.47. The van der Waals surface area contributed by atoms with Crippen molar-refractivity contribution >= 4 is 0 Å². The molecule has 0 aliphatic carbocycles. The van der Waals surface area contributed by atoms with E-state index in [0.29, 0.717) is 17.9 Å². The molecule has 0 aliphatic rings. The zero-order chi connectivity index (χ0) is 11.2. The number of benzene rings is 1. The molecule has 1 radical (unpaired) electrons. The summed E-state index contributed by atoms with van der Waals surface area (Å²) in [5, 5.41) is 8.69. The fourth-order valence-electron chi connectivity index (χ4n) is 1.25. The molecule has 0 N–H and O–H groups in total. The van der Waals surface area contributed by atoms with E-state index in [4.69, 9.17) is 10.00 Å². The Morgan fingerprint density at radius 3 is 2.88 bits per heavy atom. The van der Waals surface area contributed by atoms with Crippen molar-refractivity contribution in [1.29, 1.82) is 5.26 Å². The lowest BCUT2D eigenvalue weighted by Crippen LogP contribution is -1.96. The Labute approximate surface area is 93.9 Å². The number of nitriles is 1. The third-order valence-corrected chi connectivity index (χ3v) is 2.03. The summed E-state index contributed by atoms with van der Waals surface area (Å²) in [4.78, 5) is 3.80. The third kappa shape index (κ3) is 2.58. The van der Waals surface area contributed by atoms with Crippen LogP contribution in [0.2, 0.25) is 0 Å². The molecule has 1 aromatic heterocycles. The van der Waals surface area contributed by atoms with Crippen LogP contribution in [0.3, 0.4) is 0 Å². The number of rotatable bonds is 3. The van der Waals surface area contributed by atoms with Crippen molar-refractivity contribution in [2.24, 2.45) is 0 Å². The van der Waals surface area contributed by atoms with E-state index >= 15 is 0 Å². The molecule has 0 spiro atoms. The van der Waals surface area contributed by atoms with Gasteiger partial charge < -0.3 is 4.74 Å². The number of hydrogen-bond acceptors (Lipinski definition) is 3. The van der Waals surface area contributed by atoms with Gasteiger partial charge in [-0.05, 0) is 5.56 Å². The predicted molar refractivity (Wildman–Crippen MR) is 58.6 cm³/mol. The molecule has 3 heteroatoms. The first-order valence-electron chi connectivity index (χ1n) is 4.83. The average molecular weight is 209 g/mol. The second-order valence-electron chi connectivity index (χ2n) is 3.22. The highest BCUT2D eigenvalue weighted by Gasteiger charge is 1.98. The molecule has 16 heavy (non-hydrogen) atoms. The monoisotopic (exact) mass is 209 g/mol. The summed E-state index contributed by atoms with van der Waals surface area (Å²) in [5.74, 6) is 0.489. The highest BCUT2D eigenvalue weighted by atomic mass is 16.5. The SMILES string of the molecule is N#Cc1cn[c]c(OCc2ccccc2)c1. The van der Waals surface area contributed by atoms with E-state index < -0.39 is 0 Å². The van der Waals surface area contributed by atoms with Gasteiger partial charge >= 0.3 is 0 Å². The zero-order valence-corrected chi connectivity index (χ0v) is 8.55. The van der Waals surface area contributed by atoms with Gasteiger partial charge in [-0.2, -0.15) is 5.26 Å². The summed E-state index contributed by atoms with van der Waals surface area (Å²) in [6, 6.07) is 13.4. The second-order valence-corrected chi connectivity index (χ2v) is 3.22. The topological polar surface area (TPSA) is 45.9 Å². The zero-order valence-electron chi connectivity index (χ0n) is 8.55. The largest absolute Gasteiger partial charge is 0.487 e. The van der Waals surface area contributed by atoms with Crippen molar-refractivity contribution in [3.05, 3.63) is 59.9 Å². The van der Waals surface area contributed by atoms with E-state index in [9.17, 15) is 0 Å². The van der Waals surface area contributed by atoms with Gasteiger partial charge in [0, 0.05) is 12.3 Å². The Bertz CT molecular complexity index is 503. The highest BCUT2D eigenvalue weighted by Crippen LogP contribution is 2.11.